The molecule has 0 amide bonds. The minimum absolute atomic E-state index is 0.0480. The predicted molar refractivity (Wildman–Crippen MR) is 98.6 cm³/mol. The summed E-state index contributed by atoms with van der Waals surface area (Å²) >= 11 is 0. The first-order valence-electron chi connectivity index (χ1n) is 9.79. The van der Waals surface area contributed by atoms with Crippen LogP contribution in [0.3, 0.4) is 0 Å². The molecule has 1 heterocycles. The monoisotopic (exact) mass is 400 g/mol. The summed E-state index contributed by atoms with van der Waals surface area (Å²) in [6, 6.07) is 0. The number of carbonyl (C=O) groups excluding carboxylic acids is 2. The van der Waals surface area contributed by atoms with Crippen molar-refractivity contribution in [3.63, 3.8) is 0 Å². The zero-order valence-electron chi connectivity index (χ0n) is 17.0. The molecule has 2 aliphatic rings. The number of aliphatic hydroxyl groups is 3. The first-order valence-corrected chi connectivity index (χ1v) is 9.79. The van der Waals surface area contributed by atoms with Crippen molar-refractivity contribution in [3.8, 4) is 0 Å². The Balaban J connectivity index is 2.17. The van der Waals surface area contributed by atoms with E-state index in [4.69, 9.17) is 14.2 Å². The summed E-state index contributed by atoms with van der Waals surface area (Å²) in [5.74, 6) is -1.91. The van der Waals surface area contributed by atoms with Gasteiger partial charge in [0.25, 0.3) is 0 Å². The average molecular weight is 400 g/mol. The van der Waals surface area contributed by atoms with E-state index < -0.39 is 42.4 Å². The molecule has 160 valence electrons. The molecule has 0 bridgehead atoms. The van der Waals surface area contributed by atoms with Crippen molar-refractivity contribution in [1.29, 1.82) is 0 Å². The zero-order chi connectivity index (χ0) is 21.1. The Morgan fingerprint density at radius 3 is 2.39 bits per heavy atom. The molecular weight excluding hydrogens is 368 g/mol. The smallest absolute Gasteiger partial charge is 0.309 e. The maximum Gasteiger partial charge on any atom is 0.309 e. The van der Waals surface area contributed by atoms with E-state index in [1.165, 1.54) is 6.26 Å². The maximum absolute atomic E-state index is 12.1. The summed E-state index contributed by atoms with van der Waals surface area (Å²) in [5.41, 5.74) is -1.31. The van der Waals surface area contributed by atoms with Crippen molar-refractivity contribution in [2.24, 2.45) is 23.7 Å². The Bertz CT molecular complexity index is 599. The van der Waals surface area contributed by atoms with Crippen molar-refractivity contribution in [2.75, 3.05) is 13.2 Å². The van der Waals surface area contributed by atoms with Crippen molar-refractivity contribution < 1.29 is 39.1 Å². The fourth-order valence-electron chi connectivity index (χ4n) is 3.82. The quantitative estimate of drug-likeness (QED) is 0.518. The molecule has 28 heavy (non-hydrogen) atoms. The van der Waals surface area contributed by atoms with Crippen molar-refractivity contribution in [3.05, 3.63) is 11.8 Å². The van der Waals surface area contributed by atoms with Crippen molar-refractivity contribution >= 4 is 11.9 Å². The largest absolute Gasteiger partial charge is 0.462 e. The van der Waals surface area contributed by atoms with E-state index in [0.717, 1.165) is 0 Å². The van der Waals surface area contributed by atoms with Gasteiger partial charge in [-0.05, 0) is 18.3 Å². The minimum Gasteiger partial charge on any atom is -0.462 e. The molecule has 0 aromatic heterocycles. The van der Waals surface area contributed by atoms with Gasteiger partial charge in [0, 0.05) is 24.3 Å². The first-order chi connectivity index (χ1) is 13.1. The van der Waals surface area contributed by atoms with E-state index in [1.807, 2.05) is 27.7 Å². The topological polar surface area (TPSA) is 123 Å². The van der Waals surface area contributed by atoms with Gasteiger partial charge in [-0.2, -0.15) is 0 Å². The van der Waals surface area contributed by atoms with Gasteiger partial charge < -0.3 is 29.5 Å². The third-order valence-corrected chi connectivity index (χ3v) is 5.24. The molecule has 0 spiro atoms. The number of esters is 2. The standard InChI is InChI=1S/C20H32O8/c1-11(2)5-16(23)26-8-13-9-27-19(28-17(24)6-12(3)4)18-14(13)7-15(22)20(18,25)10-21/h9,11-12,14-15,18-19,21-22,25H,5-8,10H2,1-4H3/t14-,15+,18+,19-,20-/m1/s1. The zero-order valence-corrected chi connectivity index (χ0v) is 17.0. The molecule has 1 fully saturated rings. The highest BCUT2D eigenvalue weighted by atomic mass is 16.7. The molecule has 0 radical (unpaired) electrons. The summed E-state index contributed by atoms with van der Waals surface area (Å²) in [5, 5.41) is 30.9. The van der Waals surface area contributed by atoms with Crippen LogP contribution in [0.4, 0.5) is 0 Å². The molecule has 0 saturated heterocycles. The lowest BCUT2D eigenvalue weighted by atomic mass is 9.80. The van der Waals surface area contributed by atoms with E-state index in [-0.39, 0.29) is 43.7 Å². The van der Waals surface area contributed by atoms with Gasteiger partial charge in [-0.15, -0.1) is 0 Å². The van der Waals surface area contributed by atoms with Crippen LogP contribution in [-0.2, 0) is 23.8 Å². The van der Waals surface area contributed by atoms with Gasteiger partial charge in [0.2, 0.25) is 6.29 Å². The van der Waals surface area contributed by atoms with E-state index in [0.29, 0.717) is 5.57 Å². The summed E-state index contributed by atoms with van der Waals surface area (Å²) in [6.07, 6.45) is -0.401. The molecule has 8 nitrogen and oxygen atoms in total. The number of hydrogen-bond donors (Lipinski definition) is 3. The third kappa shape index (κ3) is 5.04. The van der Waals surface area contributed by atoms with Crippen LogP contribution < -0.4 is 0 Å². The van der Waals surface area contributed by atoms with Gasteiger partial charge in [0.1, 0.15) is 12.2 Å². The highest BCUT2D eigenvalue weighted by molar-refractivity contribution is 5.70. The molecule has 0 unspecified atom stereocenters. The van der Waals surface area contributed by atoms with Crippen molar-refractivity contribution in [2.45, 2.75) is 65.0 Å². The van der Waals surface area contributed by atoms with Crippen LogP contribution in [0.5, 0.6) is 0 Å². The van der Waals surface area contributed by atoms with Gasteiger partial charge in [0.15, 0.2) is 0 Å². The molecule has 5 atom stereocenters. The Morgan fingerprint density at radius 1 is 1.21 bits per heavy atom. The second kappa shape index (κ2) is 9.24. The Labute approximate surface area is 165 Å². The maximum atomic E-state index is 12.1. The van der Waals surface area contributed by atoms with E-state index >= 15 is 0 Å². The molecule has 2 rings (SSSR count). The normalized spacial score (nSPS) is 32.0. The summed E-state index contributed by atoms with van der Waals surface area (Å²) < 4.78 is 16.2. The van der Waals surface area contributed by atoms with Crippen LogP contribution in [0.15, 0.2) is 11.8 Å². The second-order valence-corrected chi connectivity index (χ2v) is 8.58. The molecule has 1 aliphatic heterocycles. The number of aliphatic hydroxyl groups excluding tert-OH is 2. The Kier molecular flexibility index (Phi) is 7.47. The number of fused-ring (bicyclic) bond motifs is 1. The molecule has 0 aromatic carbocycles. The molecular formula is C20H32O8. The second-order valence-electron chi connectivity index (χ2n) is 8.58. The van der Waals surface area contributed by atoms with E-state index in [1.54, 1.807) is 0 Å². The van der Waals surface area contributed by atoms with Crippen LogP contribution in [0.2, 0.25) is 0 Å². The lowest BCUT2D eigenvalue weighted by Gasteiger charge is -2.39. The molecule has 1 aliphatic carbocycles. The van der Waals surface area contributed by atoms with Crippen LogP contribution in [-0.4, -0.2) is 58.5 Å². The van der Waals surface area contributed by atoms with Gasteiger partial charge >= 0.3 is 11.9 Å². The number of rotatable bonds is 8. The lowest BCUT2D eigenvalue weighted by molar-refractivity contribution is -0.218. The van der Waals surface area contributed by atoms with Gasteiger partial charge in [-0.1, -0.05) is 27.7 Å². The summed E-state index contributed by atoms with van der Waals surface area (Å²) in [6.45, 7) is 6.80. The first kappa shape index (κ1) is 22.6. The van der Waals surface area contributed by atoms with Gasteiger partial charge in [0.05, 0.1) is 24.9 Å². The Morgan fingerprint density at radius 2 is 1.82 bits per heavy atom. The fourth-order valence-corrected chi connectivity index (χ4v) is 3.82. The van der Waals surface area contributed by atoms with Crippen LogP contribution in [0.1, 0.15) is 47.0 Å². The van der Waals surface area contributed by atoms with E-state index in [2.05, 4.69) is 0 Å². The summed E-state index contributed by atoms with van der Waals surface area (Å²) in [4.78, 5) is 23.9. The molecule has 3 N–H and O–H groups in total. The van der Waals surface area contributed by atoms with Crippen LogP contribution in [0.25, 0.3) is 0 Å². The predicted octanol–water partition coefficient (Wildman–Crippen LogP) is 1.13. The fraction of sp³-hybridized carbons (Fsp3) is 0.800. The number of ether oxygens (including phenoxy) is 3. The number of hydrogen-bond acceptors (Lipinski definition) is 8. The third-order valence-electron chi connectivity index (χ3n) is 5.24. The molecule has 0 aromatic rings. The highest BCUT2D eigenvalue weighted by Crippen LogP contribution is 2.49. The SMILES string of the molecule is CC(C)CC(=O)OCC1=CO[C@H](OC(=O)CC(C)C)[C@@H]2[C@@H]1C[C@H](O)[C@]2(O)CO. The average Bonchev–Trinajstić information content (AvgIpc) is 2.85. The van der Waals surface area contributed by atoms with Crippen LogP contribution in [0, 0.1) is 23.7 Å². The lowest BCUT2D eigenvalue weighted by Crippen LogP contribution is -2.54. The van der Waals surface area contributed by atoms with Gasteiger partial charge in [-0.25, -0.2) is 0 Å². The minimum atomic E-state index is -1.88. The van der Waals surface area contributed by atoms with Gasteiger partial charge in [-0.3, -0.25) is 9.59 Å². The molecule has 1 saturated carbocycles. The highest BCUT2D eigenvalue weighted by Gasteiger charge is 2.60. The van der Waals surface area contributed by atoms with E-state index in [9.17, 15) is 24.9 Å². The molecule has 8 heteroatoms. The summed E-state index contributed by atoms with van der Waals surface area (Å²) in [7, 11) is 0. The van der Waals surface area contributed by atoms with Crippen LogP contribution >= 0.6 is 0 Å². The Hall–Kier alpha value is -1.64. The number of carbonyl (C=O) groups is 2. The van der Waals surface area contributed by atoms with Crippen molar-refractivity contribution in [1.82, 2.24) is 0 Å².